The third kappa shape index (κ3) is 3.31. The first-order chi connectivity index (χ1) is 8.09. The van der Waals surface area contributed by atoms with Gasteiger partial charge in [0, 0.05) is 32.7 Å². The first kappa shape index (κ1) is 12.6. The second-order valence-corrected chi connectivity index (χ2v) is 4.88. The first-order valence-electron chi connectivity index (χ1n) is 6.09. The molecule has 0 radical (unpaired) electrons. The highest BCUT2D eigenvalue weighted by Crippen LogP contribution is 2.23. The highest BCUT2D eigenvalue weighted by molar-refractivity contribution is 5.65. The maximum atomic E-state index is 10.8. The number of aliphatic hydroxyl groups is 1. The third-order valence-electron chi connectivity index (χ3n) is 3.59. The molecule has 2 saturated heterocycles. The van der Waals surface area contributed by atoms with E-state index in [0.717, 1.165) is 26.3 Å². The lowest BCUT2D eigenvalue weighted by molar-refractivity contribution is -0.0605. The Labute approximate surface area is 101 Å². The van der Waals surface area contributed by atoms with Gasteiger partial charge in [0.2, 0.25) is 0 Å². The highest BCUT2D eigenvalue weighted by atomic mass is 16.5. The molecule has 0 spiro atoms. The monoisotopic (exact) mass is 244 g/mol. The van der Waals surface area contributed by atoms with E-state index in [9.17, 15) is 9.90 Å². The lowest BCUT2D eigenvalue weighted by Gasteiger charge is -2.40. The molecule has 0 aromatic heterocycles. The van der Waals surface area contributed by atoms with Crippen LogP contribution in [-0.4, -0.2) is 77.6 Å². The van der Waals surface area contributed by atoms with Crippen molar-refractivity contribution in [1.82, 2.24) is 9.80 Å². The Morgan fingerprint density at radius 2 is 1.76 bits per heavy atom. The van der Waals surface area contributed by atoms with Crippen molar-refractivity contribution in [2.75, 3.05) is 45.9 Å². The molecule has 17 heavy (non-hydrogen) atoms. The molecule has 6 heteroatoms. The molecule has 2 N–H and O–H groups in total. The zero-order valence-electron chi connectivity index (χ0n) is 9.97. The van der Waals surface area contributed by atoms with Gasteiger partial charge in [-0.05, 0) is 12.8 Å². The van der Waals surface area contributed by atoms with E-state index in [0.29, 0.717) is 32.5 Å². The first-order valence-corrected chi connectivity index (χ1v) is 6.09. The summed E-state index contributed by atoms with van der Waals surface area (Å²) in [5.41, 5.74) is -0.733. The number of hydrogen-bond acceptors (Lipinski definition) is 4. The van der Waals surface area contributed by atoms with Crippen LogP contribution in [0.1, 0.15) is 12.8 Å². The van der Waals surface area contributed by atoms with Crippen molar-refractivity contribution in [3.05, 3.63) is 0 Å². The van der Waals surface area contributed by atoms with Gasteiger partial charge in [0.05, 0.1) is 18.8 Å². The molecule has 2 heterocycles. The molecular formula is C11H20N2O4. The lowest BCUT2D eigenvalue weighted by atomic mass is 9.91. The van der Waals surface area contributed by atoms with E-state index in [4.69, 9.17) is 9.84 Å². The number of morpholine rings is 1. The molecule has 98 valence electrons. The molecule has 2 rings (SSSR count). The van der Waals surface area contributed by atoms with Gasteiger partial charge < -0.3 is 19.8 Å². The Hall–Kier alpha value is -0.850. The van der Waals surface area contributed by atoms with E-state index >= 15 is 0 Å². The molecular weight excluding hydrogens is 224 g/mol. The average molecular weight is 244 g/mol. The van der Waals surface area contributed by atoms with Crippen LogP contribution in [0.25, 0.3) is 0 Å². The summed E-state index contributed by atoms with van der Waals surface area (Å²) in [5, 5.41) is 19.3. The fourth-order valence-electron chi connectivity index (χ4n) is 2.45. The van der Waals surface area contributed by atoms with Crippen molar-refractivity contribution in [2.45, 2.75) is 18.4 Å². The quantitative estimate of drug-likeness (QED) is 0.705. The van der Waals surface area contributed by atoms with Crippen LogP contribution < -0.4 is 0 Å². The largest absolute Gasteiger partial charge is 0.465 e. The third-order valence-corrected chi connectivity index (χ3v) is 3.59. The number of piperidine rings is 1. The van der Waals surface area contributed by atoms with E-state index in [1.165, 1.54) is 4.90 Å². The van der Waals surface area contributed by atoms with Gasteiger partial charge in [-0.25, -0.2) is 4.79 Å². The van der Waals surface area contributed by atoms with E-state index in [2.05, 4.69) is 4.90 Å². The van der Waals surface area contributed by atoms with Crippen molar-refractivity contribution in [3.8, 4) is 0 Å². The molecule has 2 aliphatic heterocycles. The summed E-state index contributed by atoms with van der Waals surface area (Å²) < 4.78 is 5.26. The van der Waals surface area contributed by atoms with Crippen molar-refractivity contribution in [2.24, 2.45) is 0 Å². The Morgan fingerprint density at radius 1 is 1.18 bits per heavy atom. The zero-order valence-corrected chi connectivity index (χ0v) is 9.97. The minimum absolute atomic E-state index is 0.427. The molecule has 6 nitrogen and oxygen atoms in total. The summed E-state index contributed by atoms with van der Waals surface area (Å²) >= 11 is 0. The standard InChI is InChI=1S/C11H20N2O4/c14-10(15)13-3-1-11(16,2-4-13)9-12-5-7-17-8-6-12/h16H,1-9H2,(H,14,15). The number of amides is 1. The summed E-state index contributed by atoms with van der Waals surface area (Å²) in [7, 11) is 0. The molecule has 2 aliphatic rings. The summed E-state index contributed by atoms with van der Waals surface area (Å²) in [4.78, 5) is 14.3. The van der Waals surface area contributed by atoms with Gasteiger partial charge in [0.1, 0.15) is 0 Å². The van der Waals surface area contributed by atoms with Crippen molar-refractivity contribution >= 4 is 6.09 Å². The number of hydrogen-bond donors (Lipinski definition) is 2. The fourth-order valence-corrected chi connectivity index (χ4v) is 2.45. The van der Waals surface area contributed by atoms with Crippen LogP contribution in [0.5, 0.6) is 0 Å². The molecule has 0 bridgehead atoms. The van der Waals surface area contributed by atoms with Gasteiger partial charge in [-0.2, -0.15) is 0 Å². The molecule has 2 fully saturated rings. The molecule has 0 atom stereocenters. The SMILES string of the molecule is O=C(O)N1CCC(O)(CN2CCOCC2)CC1. The Bertz CT molecular complexity index is 271. The maximum Gasteiger partial charge on any atom is 0.407 e. The molecule has 0 unspecified atom stereocenters. The number of ether oxygens (including phenoxy) is 1. The summed E-state index contributed by atoms with van der Waals surface area (Å²) in [6.07, 6.45) is 0.159. The summed E-state index contributed by atoms with van der Waals surface area (Å²) in [6, 6.07) is 0. The molecule has 0 saturated carbocycles. The van der Waals surface area contributed by atoms with Gasteiger partial charge >= 0.3 is 6.09 Å². The van der Waals surface area contributed by atoms with Crippen LogP contribution in [-0.2, 0) is 4.74 Å². The zero-order chi connectivity index (χ0) is 12.3. The highest BCUT2D eigenvalue weighted by Gasteiger charge is 2.35. The van der Waals surface area contributed by atoms with E-state index in [-0.39, 0.29) is 0 Å². The van der Waals surface area contributed by atoms with Crippen LogP contribution in [0, 0.1) is 0 Å². The molecule has 0 aromatic rings. The number of β-amino-alcohol motifs (C(OH)–C–C–N with tert-alkyl or cyclic N) is 1. The average Bonchev–Trinajstić information content (AvgIpc) is 2.30. The number of likely N-dealkylation sites (tertiary alicyclic amines) is 1. The van der Waals surface area contributed by atoms with Crippen LogP contribution in [0.4, 0.5) is 4.79 Å². The van der Waals surface area contributed by atoms with E-state index in [1.54, 1.807) is 0 Å². The van der Waals surface area contributed by atoms with Crippen molar-refractivity contribution < 1.29 is 19.7 Å². The number of rotatable bonds is 2. The van der Waals surface area contributed by atoms with E-state index in [1.807, 2.05) is 0 Å². The van der Waals surface area contributed by atoms with Crippen LogP contribution in [0.3, 0.4) is 0 Å². The van der Waals surface area contributed by atoms with Gasteiger partial charge in [-0.1, -0.05) is 0 Å². The predicted octanol–water partition coefficient (Wildman–Crippen LogP) is -0.176. The van der Waals surface area contributed by atoms with Crippen molar-refractivity contribution in [1.29, 1.82) is 0 Å². The van der Waals surface area contributed by atoms with Gasteiger partial charge in [0.15, 0.2) is 0 Å². The Balaban J connectivity index is 1.82. The predicted molar refractivity (Wildman–Crippen MR) is 61.0 cm³/mol. The minimum Gasteiger partial charge on any atom is -0.465 e. The van der Waals surface area contributed by atoms with Gasteiger partial charge in [0.25, 0.3) is 0 Å². The molecule has 1 amide bonds. The van der Waals surface area contributed by atoms with Gasteiger partial charge in [-0.15, -0.1) is 0 Å². The molecule has 0 aromatic carbocycles. The normalized spacial score (nSPS) is 25.8. The van der Waals surface area contributed by atoms with E-state index < -0.39 is 11.7 Å². The van der Waals surface area contributed by atoms with Gasteiger partial charge in [-0.3, -0.25) is 4.90 Å². The van der Waals surface area contributed by atoms with Crippen LogP contribution in [0.2, 0.25) is 0 Å². The molecule has 0 aliphatic carbocycles. The second-order valence-electron chi connectivity index (χ2n) is 4.88. The fraction of sp³-hybridized carbons (Fsp3) is 0.909. The lowest BCUT2D eigenvalue weighted by Crippen LogP contribution is -2.53. The van der Waals surface area contributed by atoms with Crippen molar-refractivity contribution in [3.63, 3.8) is 0 Å². The second kappa shape index (κ2) is 5.20. The topological polar surface area (TPSA) is 73.2 Å². The smallest absolute Gasteiger partial charge is 0.407 e. The Kier molecular flexibility index (Phi) is 3.86. The minimum atomic E-state index is -0.890. The summed E-state index contributed by atoms with van der Waals surface area (Å²) in [5.74, 6) is 0. The van der Waals surface area contributed by atoms with Crippen LogP contribution >= 0.6 is 0 Å². The Morgan fingerprint density at radius 3 is 2.29 bits per heavy atom. The number of carbonyl (C=O) groups is 1. The maximum absolute atomic E-state index is 10.8. The number of nitrogens with zero attached hydrogens (tertiary/aromatic N) is 2. The summed E-state index contributed by atoms with van der Waals surface area (Å²) in [6.45, 7) is 4.63. The van der Waals surface area contributed by atoms with Crippen LogP contribution in [0.15, 0.2) is 0 Å². The number of carboxylic acid groups (broad SMARTS) is 1.